The number of amides is 1. The zero-order valence-electron chi connectivity index (χ0n) is 12.3. The van der Waals surface area contributed by atoms with E-state index in [9.17, 15) is 4.79 Å². The molecule has 112 valence electrons. The maximum Gasteiger partial charge on any atom is 0.241 e. The highest BCUT2D eigenvalue weighted by Crippen LogP contribution is 2.37. The summed E-state index contributed by atoms with van der Waals surface area (Å²) < 4.78 is 0. The van der Waals surface area contributed by atoms with Crippen LogP contribution in [-0.4, -0.2) is 29.4 Å². The molecule has 4 heteroatoms. The Morgan fingerprint density at radius 3 is 2.67 bits per heavy atom. The van der Waals surface area contributed by atoms with Crippen LogP contribution in [0.25, 0.3) is 0 Å². The lowest BCUT2D eigenvalue weighted by atomic mass is 10.0. The molecule has 4 rings (SSSR count). The van der Waals surface area contributed by atoms with Gasteiger partial charge in [0.2, 0.25) is 5.91 Å². The Labute approximate surface area is 125 Å². The fourth-order valence-electron chi connectivity index (χ4n) is 3.80. The molecule has 3 unspecified atom stereocenters. The monoisotopic (exact) mass is 285 g/mol. The molecule has 3 fully saturated rings. The van der Waals surface area contributed by atoms with Crippen LogP contribution in [0.2, 0.25) is 0 Å². The van der Waals surface area contributed by atoms with Crippen molar-refractivity contribution in [2.24, 2.45) is 5.92 Å². The van der Waals surface area contributed by atoms with Crippen molar-refractivity contribution in [2.45, 2.75) is 50.2 Å². The van der Waals surface area contributed by atoms with Crippen molar-refractivity contribution in [1.29, 1.82) is 0 Å². The van der Waals surface area contributed by atoms with Crippen LogP contribution in [0.4, 0.5) is 0 Å². The predicted molar refractivity (Wildman–Crippen MR) is 81.3 cm³/mol. The van der Waals surface area contributed by atoms with E-state index in [2.05, 4.69) is 40.0 Å². The van der Waals surface area contributed by atoms with E-state index < -0.39 is 0 Å². The summed E-state index contributed by atoms with van der Waals surface area (Å²) in [4.78, 5) is 14.9. The van der Waals surface area contributed by atoms with Crippen LogP contribution in [0.15, 0.2) is 30.3 Å². The first-order valence-corrected chi connectivity index (χ1v) is 8.19. The molecule has 1 aliphatic carbocycles. The van der Waals surface area contributed by atoms with Gasteiger partial charge in [0, 0.05) is 12.6 Å². The highest BCUT2D eigenvalue weighted by molar-refractivity contribution is 5.83. The maximum absolute atomic E-state index is 12.8. The summed E-state index contributed by atoms with van der Waals surface area (Å²) in [5.41, 5.74) is 7.84. The Morgan fingerprint density at radius 2 is 1.90 bits per heavy atom. The van der Waals surface area contributed by atoms with Crippen molar-refractivity contribution in [2.75, 3.05) is 6.54 Å². The molecular weight excluding hydrogens is 262 g/mol. The number of hydrogen-bond acceptors (Lipinski definition) is 3. The zero-order chi connectivity index (χ0) is 14.2. The van der Waals surface area contributed by atoms with Gasteiger partial charge in [-0.3, -0.25) is 10.2 Å². The molecule has 2 saturated heterocycles. The first kappa shape index (κ1) is 13.3. The Balaban J connectivity index is 1.46. The number of hydrogen-bond donors (Lipinski definition) is 2. The maximum atomic E-state index is 12.8. The average Bonchev–Trinajstić information content (AvgIpc) is 3.07. The van der Waals surface area contributed by atoms with Crippen LogP contribution < -0.4 is 10.9 Å². The van der Waals surface area contributed by atoms with Crippen LogP contribution in [0.3, 0.4) is 0 Å². The van der Waals surface area contributed by atoms with Gasteiger partial charge in [-0.15, -0.1) is 0 Å². The molecule has 0 aromatic heterocycles. The number of nitrogens with zero attached hydrogens (tertiary/aromatic N) is 1. The highest BCUT2D eigenvalue weighted by atomic mass is 16.2. The molecule has 0 spiro atoms. The summed E-state index contributed by atoms with van der Waals surface area (Å²) in [7, 11) is 0. The second-order valence-corrected chi connectivity index (χ2v) is 6.62. The van der Waals surface area contributed by atoms with E-state index in [0.29, 0.717) is 6.04 Å². The Kier molecular flexibility index (Phi) is 3.43. The lowest BCUT2D eigenvalue weighted by Crippen LogP contribution is -2.45. The Morgan fingerprint density at radius 1 is 1.10 bits per heavy atom. The minimum atomic E-state index is -0.0417. The summed E-state index contributed by atoms with van der Waals surface area (Å²) in [6.45, 7) is 0.894. The smallest absolute Gasteiger partial charge is 0.241 e. The number of rotatable bonds is 3. The fourth-order valence-corrected chi connectivity index (χ4v) is 3.80. The molecule has 4 nitrogen and oxygen atoms in total. The van der Waals surface area contributed by atoms with E-state index in [1.54, 1.807) is 0 Å². The normalized spacial score (nSPS) is 32.6. The quantitative estimate of drug-likeness (QED) is 0.893. The largest absolute Gasteiger partial charge is 0.334 e. The second kappa shape index (κ2) is 5.43. The average molecular weight is 285 g/mol. The molecule has 1 amide bonds. The summed E-state index contributed by atoms with van der Waals surface area (Å²) >= 11 is 0. The predicted octanol–water partition coefficient (Wildman–Crippen LogP) is 2.00. The first-order chi connectivity index (χ1) is 10.3. The molecule has 1 aromatic rings. The van der Waals surface area contributed by atoms with Gasteiger partial charge in [-0.1, -0.05) is 30.3 Å². The van der Waals surface area contributed by atoms with E-state index in [-0.39, 0.29) is 18.0 Å². The first-order valence-electron chi connectivity index (χ1n) is 8.19. The van der Waals surface area contributed by atoms with E-state index >= 15 is 0 Å². The lowest BCUT2D eigenvalue weighted by molar-refractivity contribution is -0.134. The fraction of sp³-hybridized carbons (Fsp3) is 0.588. The van der Waals surface area contributed by atoms with Crippen molar-refractivity contribution >= 4 is 5.91 Å². The third-order valence-corrected chi connectivity index (χ3v) is 5.14. The second-order valence-electron chi connectivity index (χ2n) is 6.62. The van der Waals surface area contributed by atoms with E-state index in [1.165, 1.54) is 18.4 Å². The third kappa shape index (κ3) is 2.58. The third-order valence-electron chi connectivity index (χ3n) is 5.14. The van der Waals surface area contributed by atoms with Gasteiger partial charge < -0.3 is 4.90 Å². The molecule has 0 bridgehead atoms. The molecular formula is C17H23N3O. The van der Waals surface area contributed by atoms with Gasteiger partial charge in [-0.05, 0) is 43.6 Å². The van der Waals surface area contributed by atoms with Gasteiger partial charge in [-0.2, -0.15) is 0 Å². The van der Waals surface area contributed by atoms with Gasteiger partial charge >= 0.3 is 0 Å². The lowest BCUT2D eigenvalue weighted by Gasteiger charge is -2.27. The summed E-state index contributed by atoms with van der Waals surface area (Å²) in [6.07, 6.45) is 5.77. The minimum Gasteiger partial charge on any atom is -0.334 e. The SMILES string of the molecule is O=C(C1CC(C2CC2)NN1)N1CCCC1c1ccccc1. The molecule has 3 aliphatic rings. The summed E-state index contributed by atoms with van der Waals surface area (Å²) in [5.74, 6) is 1.07. The molecule has 0 radical (unpaired) electrons. The number of likely N-dealkylation sites (tertiary alicyclic amines) is 1. The number of nitrogens with one attached hydrogen (secondary N) is 2. The highest BCUT2D eigenvalue weighted by Gasteiger charge is 2.41. The standard InChI is InChI=1S/C17H23N3O/c21-17(15-11-14(18-19-15)12-8-9-12)20-10-4-7-16(20)13-5-2-1-3-6-13/h1-3,5-6,12,14-16,18-19H,4,7-11H2. The number of hydrazine groups is 1. The Bertz CT molecular complexity index is 514. The molecule has 1 saturated carbocycles. The molecule has 2 aliphatic heterocycles. The molecule has 21 heavy (non-hydrogen) atoms. The molecule has 3 atom stereocenters. The van der Waals surface area contributed by atoms with Crippen molar-refractivity contribution in [1.82, 2.24) is 15.8 Å². The van der Waals surface area contributed by atoms with Gasteiger partial charge in [-0.25, -0.2) is 5.43 Å². The topological polar surface area (TPSA) is 44.4 Å². The van der Waals surface area contributed by atoms with Gasteiger partial charge in [0.1, 0.15) is 6.04 Å². The van der Waals surface area contributed by atoms with E-state index in [0.717, 1.165) is 31.7 Å². The summed E-state index contributed by atoms with van der Waals surface area (Å²) in [6, 6.07) is 11.2. The molecule has 2 N–H and O–H groups in total. The van der Waals surface area contributed by atoms with Crippen LogP contribution in [0, 0.1) is 5.92 Å². The Hall–Kier alpha value is -1.39. The molecule has 2 heterocycles. The van der Waals surface area contributed by atoms with Gasteiger partial charge in [0.25, 0.3) is 0 Å². The van der Waals surface area contributed by atoms with Gasteiger partial charge in [0.05, 0.1) is 6.04 Å². The number of carbonyl (C=O) groups is 1. The molecule has 1 aromatic carbocycles. The minimum absolute atomic E-state index is 0.0417. The van der Waals surface area contributed by atoms with E-state index in [4.69, 9.17) is 0 Å². The number of carbonyl (C=O) groups excluding carboxylic acids is 1. The van der Waals surface area contributed by atoms with Crippen molar-refractivity contribution in [3.05, 3.63) is 35.9 Å². The van der Waals surface area contributed by atoms with E-state index in [1.807, 2.05) is 6.07 Å². The van der Waals surface area contributed by atoms with Crippen LogP contribution >= 0.6 is 0 Å². The van der Waals surface area contributed by atoms with Crippen molar-refractivity contribution in [3.63, 3.8) is 0 Å². The summed E-state index contributed by atoms with van der Waals surface area (Å²) in [5, 5.41) is 0. The van der Waals surface area contributed by atoms with Gasteiger partial charge in [0.15, 0.2) is 0 Å². The van der Waals surface area contributed by atoms with Crippen LogP contribution in [-0.2, 0) is 4.79 Å². The van der Waals surface area contributed by atoms with Crippen LogP contribution in [0.1, 0.15) is 43.7 Å². The zero-order valence-corrected chi connectivity index (χ0v) is 12.3. The van der Waals surface area contributed by atoms with Crippen molar-refractivity contribution in [3.8, 4) is 0 Å². The van der Waals surface area contributed by atoms with Crippen LogP contribution in [0.5, 0.6) is 0 Å². The number of benzene rings is 1. The van der Waals surface area contributed by atoms with Crippen molar-refractivity contribution < 1.29 is 4.79 Å².